The molecule has 8 nitrogen and oxygen atoms in total. The molecule has 12 heteroatoms. The SMILES string of the molecule is CC(C)CONC(=O)c1ccc(Nc2ncc(C(F)(F)F)c(Nc3ccccc3P(C)C)n2)cn1. The Kier molecular flexibility index (Phi) is 8.58. The van der Waals surface area contributed by atoms with Crippen molar-refractivity contribution in [3.63, 3.8) is 0 Å². The largest absolute Gasteiger partial charge is 0.421 e. The number of pyridine rings is 1. The van der Waals surface area contributed by atoms with Gasteiger partial charge in [0.15, 0.2) is 0 Å². The topological polar surface area (TPSA) is 101 Å². The third kappa shape index (κ3) is 7.34. The van der Waals surface area contributed by atoms with Gasteiger partial charge in [0.05, 0.1) is 18.5 Å². The van der Waals surface area contributed by atoms with E-state index >= 15 is 0 Å². The van der Waals surface area contributed by atoms with Gasteiger partial charge in [0.2, 0.25) is 5.95 Å². The molecule has 3 rings (SSSR count). The highest BCUT2D eigenvalue weighted by atomic mass is 31.1. The van der Waals surface area contributed by atoms with Crippen molar-refractivity contribution in [3.05, 3.63) is 60.0 Å². The number of halogens is 3. The van der Waals surface area contributed by atoms with E-state index in [4.69, 9.17) is 4.84 Å². The summed E-state index contributed by atoms with van der Waals surface area (Å²) >= 11 is 0. The molecule has 1 aromatic carbocycles. The highest BCUT2D eigenvalue weighted by molar-refractivity contribution is 7.64. The molecule has 186 valence electrons. The zero-order chi connectivity index (χ0) is 25.6. The van der Waals surface area contributed by atoms with Crippen molar-refractivity contribution in [2.75, 3.05) is 30.6 Å². The molecule has 0 saturated carbocycles. The summed E-state index contributed by atoms with van der Waals surface area (Å²) in [5, 5.41) is 6.56. The number of nitrogens with one attached hydrogen (secondary N) is 3. The second-order valence-corrected chi connectivity index (χ2v) is 10.5. The normalized spacial score (nSPS) is 11.6. The molecule has 35 heavy (non-hydrogen) atoms. The number of aromatic nitrogens is 3. The van der Waals surface area contributed by atoms with Crippen LogP contribution >= 0.6 is 7.92 Å². The van der Waals surface area contributed by atoms with Gasteiger partial charge >= 0.3 is 6.18 Å². The molecule has 2 heterocycles. The molecule has 0 aliphatic heterocycles. The first-order chi connectivity index (χ1) is 16.5. The Morgan fingerprint density at radius 1 is 1.06 bits per heavy atom. The Morgan fingerprint density at radius 2 is 1.80 bits per heavy atom. The lowest BCUT2D eigenvalue weighted by Crippen LogP contribution is -2.26. The third-order valence-electron chi connectivity index (χ3n) is 4.57. The number of para-hydroxylation sites is 1. The molecular formula is C23H26F3N6O2P. The predicted octanol–water partition coefficient (Wildman–Crippen LogP) is 5.06. The lowest BCUT2D eigenvalue weighted by molar-refractivity contribution is -0.137. The first-order valence-electron chi connectivity index (χ1n) is 10.7. The van der Waals surface area contributed by atoms with Gasteiger partial charge in [-0.05, 0) is 42.8 Å². The van der Waals surface area contributed by atoms with Crippen LogP contribution in [0.3, 0.4) is 0 Å². The molecule has 0 aliphatic rings. The first-order valence-corrected chi connectivity index (χ1v) is 12.9. The van der Waals surface area contributed by atoms with Crippen LogP contribution in [0.4, 0.5) is 36.3 Å². The summed E-state index contributed by atoms with van der Waals surface area (Å²) < 4.78 is 40.9. The quantitative estimate of drug-likeness (QED) is 0.275. The maximum Gasteiger partial charge on any atom is 0.421 e. The number of hydrogen-bond donors (Lipinski definition) is 3. The second kappa shape index (κ2) is 11.4. The minimum absolute atomic E-state index is 0.0625. The van der Waals surface area contributed by atoms with E-state index in [1.54, 1.807) is 12.1 Å². The number of hydroxylamine groups is 1. The van der Waals surface area contributed by atoms with Crippen molar-refractivity contribution in [2.45, 2.75) is 20.0 Å². The number of carbonyl (C=O) groups is 1. The number of benzene rings is 1. The summed E-state index contributed by atoms with van der Waals surface area (Å²) in [5.41, 5.74) is 2.37. The second-order valence-electron chi connectivity index (χ2n) is 8.18. The van der Waals surface area contributed by atoms with Crippen LogP contribution in [0.1, 0.15) is 29.9 Å². The molecule has 0 unspecified atom stereocenters. The van der Waals surface area contributed by atoms with Gasteiger partial charge in [0.1, 0.15) is 17.1 Å². The highest BCUT2D eigenvalue weighted by Crippen LogP contribution is 2.36. The number of nitrogens with zero attached hydrogens (tertiary/aromatic N) is 3. The van der Waals surface area contributed by atoms with Crippen LogP contribution in [0.2, 0.25) is 0 Å². The minimum atomic E-state index is -4.65. The Labute approximate surface area is 202 Å². The molecule has 0 radical (unpaired) electrons. The molecule has 0 saturated heterocycles. The van der Waals surface area contributed by atoms with Gasteiger partial charge in [-0.3, -0.25) is 9.63 Å². The fraction of sp³-hybridized carbons (Fsp3) is 0.304. The molecule has 3 N–H and O–H groups in total. The molecule has 0 fully saturated rings. The van der Waals surface area contributed by atoms with Crippen LogP contribution in [0, 0.1) is 5.92 Å². The van der Waals surface area contributed by atoms with E-state index in [-0.39, 0.29) is 23.4 Å². The van der Waals surface area contributed by atoms with E-state index in [2.05, 4.69) is 31.1 Å². The van der Waals surface area contributed by atoms with Gasteiger partial charge in [-0.25, -0.2) is 15.4 Å². The van der Waals surface area contributed by atoms with Crippen LogP contribution in [0.25, 0.3) is 0 Å². The molecular weight excluding hydrogens is 480 g/mol. The molecule has 1 amide bonds. The number of carbonyl (C=O) groups excluding carboxylic acids is 1. The van der Waals surface area contributed by atoms with Crippen molar-refractivity contribution in [3.8, 4) is 0 Å². The molecule has 0 atom stereocenters. The molecule has 0 bridgehead atoms. The first kappa shape index (κ1) is 26.3. The lowest BCUT2D eigenvalue weighted by atomic mass is 10.2. The Hall–Kier alpha value is -3.30. The van der Waals surface area contributed by atoms with Gasteiger partial charge in [-0.1, -0.05) is 40.0 Å². The van der Waals surface area contributed by atoms with E-state index in [1.807, 2.05) is 39.3 Å². The van der Waals surface area contributed by atoms with Crippen molar-refractivity contribution < 1.29 is 22.8 Å². The Bertz CT molecular complexity index is 1160. The van der Waals surface area contributed by atoms with Crippen LogP contribution in [-0.2, 0) is 11.0 Å². The molecule has 2 aromatic heterocycles. The third-order valence-corrected chi connectivity index (χ3v) is 5.92. The molecule has 3 aromatic rings. The van der Waals surface area contributed by atoms with E-state index in [0.717, 1.165) is 11.5 Å². The smallest absolute Gasteiger partial charge is 0.339 e. The summed E-state index contributed by atoms with van der Waals surface area (Å²) in [5.74, 6) is -0.698. The average molecular weight is 506 g/mol. The highest BCUT2D eigenvalue weighted by Gasteiger charge is 2.35. The van der Waals surface area contributed by atoms with Crippen LogP contribution in [0.5, 0.6) is 0 Å². The predicted molar refractivity (Wildman–Crippen MR) is 131 cm³/mol. The Balaban J connectivity index is 1.80. The van der Waals surface area contributed by atoms with Gasteiger partial charge in [-0.15, -0.1) is 0 Å². The van der Waals surface area contributed by atoms with Gasteiger partial charge in [0.25, 0.3) is 5.91 Å². The summed E-state index contributed by atoms with van der Waals surface area (Å²) in [6.07, 6.45) is -2.57. The van der Waals surface area contributed by atoms with Gasteiger partial charge in [0, 0.05) is 11.9 Å². The summed E-state index contributed by atoms with van der Waals surface area (Å²) in [6, 6.07) is 10.2. The van der Waals surface area contributed by atoms with Crippen molar-refractivity contribution in [1.29, 1.82) is 0 Å². The van der Waals surface area contributed by atoms with Crippen molar-refractivity contribution in [2.24, 2.45) is 5.92 Å². The van der Waals surface area contributed by atoms with Crippen molar-refractivity contribution in [1.82, 2.24) is 20.4 Å². The number of hydrogen-bond acceptors (Lipinski definition) is 7. The fourth-order valence-electron chi connectivity index (χ4n) is 2.90. The zero-order valence-electron chi connectivity index (χ0n) is 19.6. The summed E-state index contributed by atoms with van der Waals surface area (Å²) in [4.78, 5) is 29.1. The maximum atomic E-state index is 13.6. The van der Waals surface area contributed by atoms with E-state index < -0.39 is 25.6 Å². The Morgan fingerprint density at radius 3 is 2.43 bits per heavy atom. The number of rotatable bonds is 9. The summed E-state index contributed by atoms with van der Waals surface area (Å²) in [6.45, 7) is 8.27. The van der Waals surface area contributed by atoms with E-state index in [1.165, 1.54) is 18.3 Å². The van der Waals surface area contributed by atoms with Gasteiger partial charge < -0.3 is 10.6 Å². The zero-order valence-corrected chi connectivity index (χ0v) is 20.5. The molecule has 0 spiro atoms. The number of amides is 1. The van der Waals surface area contributed by atoms with Crippen LogP contribution in [-0.4, -0.2) is 40.8 Å². The molecule has 0 aliphatic carbocycles. The van der Waals surface area contributed by atoms with E-state index in [0.29, 0.717) is 18.0 Å². The van der Waals surface area contributed by atoms with Crippen molar-refractivity contribution >= 4 is 42.3 Å². The standard InChI is InChI=1S/C23H26F3N6O2P/c1-14(2)13-34-32-21(33)18-10-9-15(11-27-18)29-22-28-12-16(23(24,25)26)20(31-22)30-17-7-5-6-8-19(17)35(3)4/h5-12,14H,13H2,1-4H3,(H,32,33)(H2,28,29,30,31). The average Bonchev–Trinajstić information content (AvgIpc) is 2.79. The number of alkyl halides is 3. The lowest BCUT2D eigenvalue weighted by Gasteiger charge is -2.18. The monoisotopic (exact) mass is 506 g/mol. The van der Waals surface area contributed by atoms with Crippen LogP contribution in [0.15, 0.2) is 48.8 Å². The van der Waals surface area contributed by atoms with Gasteiger partial charge in [-0.2, -0.15) is 18.2 Å². The fourth-order valence-corrected chi connectivity index (χ4v) is 3.90. The van der Waals surface area contributed by atoms with Crippen LogP contribution < -0.4 is 21.4 Å². The summed E-state index contributed by atoms with van der Waals surface area (Å²) in [7, 11) is -0.567. The maximum absolute atomic E-state index is 13.6. The number of anilines is 4. The minimum Gasteiger partial charge on any atom is -0.339 e. The van der Waals surface area contributed by atoms with E-state index in [9.17, 15) is 18.0 Å².